The summed E-state index contributed by atoms with van der Waals surface area (Å²) in [5.74, 6) is -0.301. The van der Waals surface area contributed by atoms with E-state index in [9.17, 15) is 9.59 Å². The molecule has 102 valence electrons. The lowest BCUT2D eigenvalue weighted by Crippen LogP contribution is -2.36. The molecule has 0 saturated carbocycles. The van der Waals surface area contributed by atoms with Crippen LogP contribution in [0.2, 0.25) is 0 Å². The van der Waals surface area contributed by atoms with Gasteiger partial charge in [-0.25, -0.2) is 9.59 Å². The molecule has 1 amide bonds. The maximum atomic E-state index is 11.9. The minimum Gasteiger partial charge on any atom is -0.408 e. The molecule has 5 heteroatoms. The molecule has 0 unspecified atom stereocenters. The summed E-state index contributed by atoms with van der Waals surface area (Å²) < 4.78 is 5.09. The topological polar surface area (TPSA) is 55.8 Å². The van der Waals surface area contributed by atoms with Crippen molar-refractivity contribution in [3.63, 3.8) is 0 Å². The van der Waals surface area contributed by atoms with Gasteiger partial charge < -0.3 is 9.57 Å². The number of hydrogen-bond donors (Lipinski definition) is 0. The molecule has 1 rings (SSSR count). The average molecular weight is 263 g/mol. The number of para-hydroxylation sites is 1. The standard InChI is InChI=1S/C14H17NO4/c1-3-5-11-15(19-13(16)4-2)14(17)18-12-9-7-6-8-10-12/h4,6-10H,2-3,5,11H2,1H3. The summed E-state index contributed by atoms with van der Waals surface area (Å²) in [6.07, 6.45) is 1.83. The fraction of sp³-hybridized carbons (Fsp3) is 0.286. The number of hydroxylamine groups is 2. The molecule has 1 aromatic carbocycles. The first-order valence-electron chi connectivity index (χ1n) is 6.06. The molecular weight excluding hydrogens is 246 g/mol. The fourth-order valence-corrected chi connectivity index (χ4v) is 1.26. The first kappa shape index (κ1) is 14.8. The van der Waals surface area contributed by atoms with Gasteiger partial charge in [0.15, 0.2) is 0 Å². The normalized spacial score (nSPS) is 9.53. The summed E-state index contributed by atoms with van der Waals surface area (Å²) in [6.45, 7) is 5.53. The summed E-state index contributed by atoms with van der Waals surface area (Å²) in [6, 6.07) is 8.59. The van der Waals surface area contributed by atoms with Crippen LogP contribution in [-0.2, 0) is 9.63 Å². The van der Waals surface area contributed by atoms with E-state index in [0.29, 0.717) is 12.2 Å². The van der Waals surface area contributed by atoms with Gasteiger partial charge in [-0.05, 0) is 18.6 Å². The van der Waals surface area contributed by atoms with E-state index in [1.54, 1.807) is 24.3 Å². The van der Waals surface area contributed by atoms with Crippen LogP contribution in [-0.4, -0.2) is 23.7 Å². The van der Waals surface area contributed by atoms with Crippen LogP contribution in [0.15, 0.2) is 43.0 Å². The highest BCUT2D eigenvalue weighted by molar-refractivity contribution is 5.82. The molecule has 0 bridgehead atoms. The molecule has 5 nitrogen and oxygen atoms in total. The molecule has 0 N–H and O–H groups in total. The molecule has 1 aromatic rings. The van der Waals surface area contributed by atoms with Crippen LogP contribution in [0.4, 0.5) is 4.79 Å². The van der Waals surface area contributed by atoms with E-state index in [1.807, 2.05) is 13.0 Å². The summed E-state index contributed by atoms with van der Waals surface area (Å²) >= 11 is 0. The van der Waals surface area contributed by atoms with Crippen LogP contribution in [0.3, 0.4) is 0 Å². The number of rotatable bonds is 5. The molecule has 0 atom stereocenters. The highest BCUT2D eigenvalue weighted by Crippen LogP contribution is 2.11. The number of hydrogen-bond acceptors (Lipinski definition) is 4. The number of benzene rings is 1. The van der Waals surface area contributed by atoms with Crippen LogP contribution in [0, 0.1) is 0 Å². The van der Waals surface area contributed by atoms with Gasteiger partial charge in [0.2, 0.25) is 0 Å². The Kier molecular flexibility index (Phi) is 6.15. The van der Waals surface area contributed by atoms with Crippen molar-refractivity contribution in [2.24, 2.45) is 0 Å². The van der Waals surface area contributed by atoms with E-state index in [4.69, 9.17) is 9.57 Å². The minimum atomic E-state index is -0.727. The van der Waals surface area contributed by atoms with Gasteiger partial charge in [0, 0.05) is 6.08 Å². The van der Waals surface area contributed by atoms with Crippen molar-refractivity contribution in [3.05, 3.63) is 43.0 Å². The number of amides is 1. The number of carbonyl (C=O) groups excluding carboxylic acids is 2. The molecule has 19 heavy (non-hydrogen) atoms. The summed E-state index contributed by atoms with van der Waals surface area (Å²) in [5, 5.41) is 0.903. The summed E-state index contributed by atoms with van der Waals surface area (Å²) in [4.78, 5) is 27.9. The van der Waals surface area contributed by atoms with Crippen LogP contribution in [0.25, 0.3) is 0 Å². The highest BCUT2D eigenvalue weighted by atomic mass is 16.7. The van der Waals surface area contributed by atoms with Crippen LogP contribution < -0.4 is 4.74 Å². The third-order valence-corrected chi connectivity index (χ3v) is 2.23. The fourth-order valence-electron chi connectivity index (χ4n) is 1.26. The molecule has 0 fully saturated rings. The smallest absolute Gasteiger partial charge is 0.408 e. The van der Waals surface area contributed by atoms with Gasteiger partial charge in [-0.15, -0.1) is 5.06 Å². The van der Waals surface area contributed by atoms with Crippen LogP contribution in [0.1, 0.15) is 19.8 Å². The molecular formula is C14H17NO4. The van der Waals surface area contributed by atoms with Crippen molar-refractivity contribution in [1.29, 1.82) is 0 Å². The van der Waals surface area contributed by atoms with Gasteiger partial charge in [-0.3, -0.25) is 0 Å². The van der Waals surface area contributed by atoms with Gasteiger partial charge in [-0.2, -0.15) is 0 Å². The molecule has 0 aliphatic rings. The Balaban J connectivity index is 2.64. The van der Waals surface area contributed by atoms with Crippen LogP contribution in [0.5, 0.6) is 5.75 Å². The van der Waals surface area contributed by atoms with E-state index in [0.717, 1.165) is 17.6 Å². The quantitative estimate of drug-likeness (QED) is 0.605. The molecule has 0 spiro atoms. The number of nitrogens with zero attached hydrogens (tertiary/aromatic N) is 1. The highest BCUT2D eigenvalue weighted by Gasteiger charge is 2.19. The molecule has 0 heterocycles. The van der Waals surface area contributed by atoms with E-state index in [2.05, 4.69) is 6.58 Å². The zero-order valence-electron chi connectivity index (χ0n) is 10.9. The lowest BCUT2D eigenvalue weighted by Gasteiger charge is -2.19. The van der Waals surface area contributed by atoms with E-state index in [1.165, 1.54) is 0 Å². The van der Waals surface area contributed by atoms with Gasteiger partial charge in [0.1, 0.15) is 5.75 Å². The van der Waals surface area contributed by atoms with Gasteiger partial charge >= 0.3 is 12.1 Å². The third-order valence-electron chi connectivity index (χ3n) is 2.23. The van der Waals surface area contributed by atoms with Crippen molar-refractivity contribution >= 4 is 12.1 Å². The predicted molar refractivity (Wildman–Crippen MR) is 70.4 cm³/mol. The van der Waals surface area contributed by atoms with Crippen molar-refractivity contribution in [1.82, 2.24) is 5.06 Å². The molecule has 0 saturated heterocycles. The van der Waals surface area contributed by atoms with E-state index >= 15 is 0 Å². The SMILES string of the molecule is C=CC(=O)ON(CCCC)C(=O)Oc1ccccc1. The van der Waals surface area contributed by atoms with Crippen molar-refractivity contribution < 1.29 is 19.2 Å². The Hall–Kier alpha value is -2.30. The first-order valence-corrected chi connectivity index (χ1v) is 6.06. The Morgan fingerprint density at radius 3 is 2.58 bits per heavy atom. The van der Waals surface area contributed by atoms with Crippen molar-refractivity contribution in [2.75, 3.05) is 6.54 Å². The maximum absolute atomic E-state index is 11.9. The Morgan fingerprint density at radius 1 is 1.32 bits per heavy atom. The van der Waals surface area contributed by atoms with Crippen molar-refractivity contribution in [2.45, 2.75) is 19.8 Å². The maximum Gasteiger partial charge on any atom is 0.448 e. The zero-order valence-corrected chi connectivity index (χ0v) is 10.9. The van der Waals surface area contributed by atoms with Gasteiger partial charge in [0.05, 0.1) is 6.54 Å². The van der Waals surface area contributed by atoms with E-state index in [-0.39, 0.29) is 6.54 Å². The van der Waals surface area contributed by atoms with Crippen molar-refractivity contribution in [3.8, 4) is 5.75 Å². The largest absolute Gasteiger partial charge is 0.448 e. The lowest BCUT2D eigenvalue weighted by atomic mass is 10.3. The molecule has 0 radical (unpaired) electrons. The summed E-state index contributed by atoms with van der Waals surface area (Å²) in [5.41, 5.74) is 0. The number of ether oxygens (including phenoxy) is 1. The Labute approximate surface area is 112 Å². The Bertz CT molecular complexity index is 430. The minimum absolute atomic E-state index is 0.280. The predicted octanol–water partition coefficient (Wildman–Crippen LogP) is 2.93. The van der Waals surface area contributed by atoms with Gasteiger partial charge in [0.25, 0.3) is 0 Å². The van der Waals surface area contributed by atoms with E-state index < -0.39 is 12.1 Å². The number of unbranched alkanes of at least 4 members (excludes halogenated alkanes) is 1. The Morgan fingerprint density at radius 2 is 2.00 bits per heavy atom. The first-order chi connectivity index (χ1) is 9.17. The molecule has 0 aromatic heterocycles. The lowest BCUT2D eigenvalue weighted by molar-refractivity contribution is -0.173. The molecule has 0 aliphatic carbocycles. The zero-order chi connectivity index (χ0) is 14.1. The average Bonchev–Trinajstić information content (AvgIpc) is 2.44. The second kappa shape index (κ2) is 7.92. The second-order valence-electron chi connectivity index (χ2n) is 3.75. The second-order valence-corrected chi connectivity index (χ2v) is 3.75. The number of carbonyl (C=O) groups is 2. The van der Waals surface area contributed by atoms with Gasteiger partial charge in [-0.1, -0.05) is 38.1 Å². The summed E-state index contributed by atoms with van der Waals surface area (Å²) in [7, 11) is 0. The third kappa shape index (κ3) is 5.25. The monoisotopic (exact) mass is 263 g/mol. The molecule has 0 aliphatic heterocycles. The van der Waals surface area contributed by atoms with Crippen LogP contribution >= 0.6 is 0 Å².